The molecule has 0 aromatic rings. The second-order valence-electron chi connectivity index (χ2n) is 9.38. The number of allylic oxidation sites excluding steroid dienone is 3. The molecule has 1 heterocycles. The van der Waals surface area contributed by atoms with Gasteiger partial charge >= 0.3 is 0 Å². The fourth-order valence-electron chi connectivity index (χ4n) is 6.90. The lowest BCUT2D eigenvalue weighted by Gasteiger charge is -2.50. The van der Waals surface area contributed by atoms with Crippen LogP contribution in [0.2, 0.25) is 0 Å². The number of fused-ring (bicyclic) bond motifs is 4. The van der Waals surface area contributed by atoms with Crippen LogP contribution < -0.4 is 0 Å². The zero-order valence-electron chi connectivity index (χ0n) is 16.1. The lowest BCUT2D eigenvalue weighted by atomic mass is 9.55. The third kappa shape index (κ3) is 2.35. The Bertz CT molecular complexity index is 731. The molecule has 0 bridgehead atoms. The van der Waals surface area contributed by atoms with Crippen molar-refractivity contribution >= 4 is 5.78 Å². The number of rotatable bonds is 2. The molecule has 0 aromatic heterocycles. The quantitative estimate of drug-likeness (QED) is 0.777. The first-order valence-corrected chi connectivity index (χ1v) is 10.5. The Morgan fingerprint density at radius 2 is 2.00 bits per heavy atom. The highest BCUT2D eigenvalue weighted by atomic mass is 16.7. The summed E-state index contributed by atoms with van der Waals surface area (Å²) in [5, 5.41) is 20.6. The van der Waals surface area contributed by atoms with E-state index in [-0.39, 0.29) is 5.79 Å². The normalized spacial score (nSPS) is 42.6. The molecule has 1 saturated carbocycles. The molecule has 148 valence electrons. The van der Waals surface area contributed by atoms with Gasteiger partial charge < -0.3 is 19.7 Å². The molecule has 0 unspecified atom stereocenters. The molecule has 4 aliphatic carbocycles. The SMILES string of the molecule is C[C@]12CC=C3C4=C(CC[C@H]3[C@@H]1CC[C@]2(O)C(=O)CO)CC1(CC4)OCCO1. The number of carbonyl (C=O) groups excluding carboxylic acids is 1. The highest BCUT2D eigenvalue weighted by Gasteiger charge is 2.63. The Balaban J connectivity index is 1.47. The first-order valence-electron chi connectivity index (χ1n) is 10.5. The Hall–Kier alpha value is -1.01. The molecule has 0 aromatic carbocycles. The van der Waals surface area contributed by atoms with E-state index < -0.39 is 23.4 Å². The topological polar surface area (TPSA) is 76.0 Å². The number of ketones is 1. The number of hydrogen-bond acceptors (Lipinski definition) is 5. The van der Waals surface area contributed by atoms with E-state index in [1.807, 2.05) is 0 Å². The average molecular weight is 374 g/mol. The number of Topliss-reactive ketones (excluding diaryl/α,β-unsaturated/α-hetero) is 1. The van der Waals surface area contributed by atoms with Crippen molar-refractivity contribution in [2.24, 2.45) is 17.3 Å². The monoisotopic (exact) mass is 374 g/mol. The summed E-state index contributed by atoms with van der Waals surface area (Å²) >= 11 is 0. The number of hydrogen-bond donors (Lipinski definition) is 2. The molecule has 0 amide bonds. The highest BCUT2D eigenvalue weighted by molar-refractivity contribution is 5.89. The fraction of sp³-hybridized carbons (Fsp3) is 0.773. The van der Waals surface area contributed by atoms with Gasteiger partial charge in [0.2, 0.25) is 0 Å². The third-order valence-corrected chi connectivity index (χ3v) is 8.40. The molecule has 1 aliphatic heterocycles. The maximum absolute atomic E-state index is 12.4. The minimum absolute atomic E-state index is 0.307. The van der Waals surface area contributed by atoms with E-state index >= 15 is 0 Å². The largest absolute Gasteiger partial charge is 0.388 e. The maximum Gasteiger partial charge on any atom is 0.190 e. The first kappa shape index (κ1) is 18.0. The van der Waals surface area contributed by atoms with Gasteiger partial charge in [-0.05, 0) is 61.5 Å². The Morgan fingerprint density at radius 3 is 2.74 bits per heavy atom. The molecule has 2 fully saturated rings. The standard InChI is InChI=1S/C22H30O5/c1-20-7-4-16-15-5-8-21(26-10-11-27-21)12-14(15)2-3-17(16)18(20)6-9-22(20,25)19(24)13-23/h4,17-18,23,25H,2-3,5-13H2,1H3/t17-,18+,20+,22+/m1/s1. The van der Waals surface area contributed by atoms with Crippen molar-refractivity contribution < 1.29 is 24.5 Å². The molecule has 0 radical (unpaired) electrons. The average Bonchev–Trinajstić information content (AvgIpc) is 3.23. The van der Waals surface area contributed by atoms with Crippen molar-refractivity contribution in [2.75, 3.05) is 19.8 Å². The number of carbonyl (C=O) groups is 1. The summed E-state index contributed by atoms with van der Waals surface area (Å²) in [4.78, 5) is 12.4. The zero-order valence-corrected chi connectivity index (χ0v) is 16.1. The number of ether oxygens (including phenoxy) is 2. The molecule has 2 N–H and O–H groups in total. The molecule has 5 heteroatoms. The van der Waals surface area contributed by atoms with E-state index in [0.29, 0.717) is 37.9 Å². The van der Waals surface area contributed by atoms with Crippen LogP contribution in [0, 0.1) is 17.3 Å². The van der Waals surface area contributed by atoms with Crippen molar-refractivity contribution in [1.29, 1.82) is 0 Å². The first-order chi connectivity index (χ1) is 12.9. The Kier molecular flexibility index (Phi) is 4.01. The van der Waals surface area contributed by atoms with Crippen LogP contribution in [0.3, 0.4) is 0 Å². The van der Waals surface area contributed by atoms with E-state index in [1.165, 1.54) is 16.7 Å². The third-order valence-electron chi connectivity index (χ3n) is 8.40. The van der Waals surface area contributed by atoms with Gasteiger partial charge in [0.1, 0.15) is 12.2 Å². The molecule has 4 atom stereocenters. The van der Waals surface area contributed by atoms with E-state index in [2.05, 4.69) is 13.0 Å². The van der Waals surface area contributed by atoms with Crippen LogP contribution in [-0.4, -0.2) is 47.2 Å². The van der Waals surface area contributed by atoms with Gasteiger partial charge in [-0.3, -0.25) is 4.79 Å². The van der Waals surface area contributed by atoms with Crippen molar-refractivity contribution in [1.82, 2.24) is 0 Å². The lowest BCUT2D eigenvalue weighted by molar-refractivity contribution is -0.164. The van der Waals surface area contributed by atoms with Crippen molar-refractivity contribution in [2.45, 2.75) is 69.7 Å². The molecule has 27 heavy (non-hydrogen) atoms. The van der Waals surface area contributed by atoms with Gasteiger partial charge in [-0.1, -0.05) is 18.6 Å². The van der Waals surface area contributed by atoms with E-state index in [9.17, 15) is 15.0 Å². The molecular formula is C22H30O5. The summed E-state index contributed by atoms with van der Waals surface area (Å²) in [6, 6.07) is 0. The van der Waals surface area contributed by atoms with E-state index in [0.717, 1.165) is 38.5 Å². The fourth-order valence-corrected chi connectivity index (χ4v) is 6.90. The predicted molar refractivity (Wildman–Crippen MR) is 98.8 cm³/mol. The van der Waals surface area contributed by atoms with Gasteiger partial charge in [0.25, 0.3) is 0 Å². The second-order valence-corrected chi connectivity index (χ2v) is 9.38. The van der Waals surface area contributed by atoms with Crippen LogP contribution in [0.4, 0.5) is 0 Å². The van der Waals surface area contributed by atoms with Crippen LogP contribution in [0.25, 0.3) is 0 Å². The molecule has 1 saturated heterocycles. The van der Waals surface area contributed by atoms with Crippen LogP contribution in [0.5, 0.6) is 0 Å². The maximum atomic E-state index is 12.4. The summed E-state index contributed by atoms with van der Waals surface area (Å²) in [7, 11) is 0. The summed E-state index contributed by atoms with van der Waals surface area (Å²) in [5.41, 5.74) is 2.61. The lowest BCUT2D eigenvalue weighted by Crippen LogP contribution is -2.54. The van der Waals surface area contributed by atoms with Gasteiger partial charge in [-0.15, -0.1) is 0 Å². The van der Waals surface area contributed by atoms with Crippen LogP contribution in [0.1, 0.15) is 58.3 Å². The molecule has 5 nitrogen and oxygen atoms in total. The van der Waals surface area contributed by atoms with Crippen molar-refractivity contribution in [3.8, 4) is 0 Å². The van der Waals surface area contributed by atoms with Crippen molar-refractivity contribution in [3.63, 3.8) is 0 Å². The summed E-state index contributed by atoms with van der Waals surface area (Å²) in [5.74, 6) is -0.0593. The van der Waals surface area contributed by atoms with Crippen molar-refractivity contribution in [3.05, 3.63) is 22.8 Å². The minimum atomic E-state index is -1.38. The van der Waals surface area contributed by atoms with Crippen LogP contribution in [-0.2, 0) is 14.3 Å². The highest BCUT2D eigenvalue weighted by Crippen LogP contribution is 2.63. The Labute approximate surface area is 160 Å². The van der Waals surface area contributed by atoms with Gasteiger partial charge in [-0.2, -0.15) is 0 Å². The molecule has 1 spiro atoms. The molecule has 5 rings (SSSR count). The predicted octanol–water partition coefficient (Wildman–Crippen LogP) is 2.66. The van der Waals surface area contributed by atoms with Gasteiger partial charge in [0, 0.05) is 18.3 Å². The smallest absolute Gasteiger partial charge is 0.190 e. The van der Waals surface area contributed by atoms with E-state index in [1.54, 1.807) is 0 Å². The zero-order chi connectivity index (χ0) is 18.9. The van der Waals surface area contributed by atoms with Crippen LogP contribution >= 0.6 is 0 Å². The summed E-state index contributed by atoms with van der Waals surface area (Å²) in [6.07, 6.45) is 9.29. The van der Waals surface area contributed by atoms with Crippen LogP contribution in [0.15, 0.2) is 22.8 Å². The minimum Gasteiger partial charge on any atom is -0.388 e. The van der Waals surface area contributed by atoms with Gasteiger partial charge in [0.15, 0.2) is 11.6 Å². The number of aliphatic hydroxyl groups excluding tert-OH is 1. The number of aliphatic hydroxyl groups is 2. The summed E-state index contributed by atoms with van der Waals surface area (Å²) in [6.45, 7) is 2.89. The Morgan fingerprint density at radius 1 is 1.22 bits per heavy atom. The molecular weight excluding hydrogens is 344 g/mol. The van der Waals surface area contributed by atoms with E-state index in [4.69, 9.17) is 9.47 Å². The van der Waals surface area contributed by atoms with Gasteiger partial charge in [0.05, 0.1) is 13.2 Å². The summed E-state index contributed by atoms with van der Waals surface area (Å²) < 4.78 is 11.9. The molecule has 5 aliphatic rings. The van der Waals surface area contributed by atoms with Gasteiger partial charge in [-0.25, -0.2) is 0 Å². The second kappa shape index (κ2) is 5.99.